The molecule has 0 radical (unpaired) electrons. The number of ether oxygens (including phenoxy) is 1. The minimum Gasteiger partial charge on any atom is -0.489 e. The Kier molecular flexibility index (Phi) is 5.99. The van der Waals surface area contributed by atoms with Crippen LogP contribution in [0.5, 0.6) is 5.75 Å². The average molecular weight is 319 g/mol. The molecule has 0 saturated carbocycles. The molecule has 0 N–H and O–H groups in total. The van der Waals surface area contributed by atoms with Crippen molar-refractivity contribution in [2.24, 2.45) is 0 Å². The van der Waals surface area contributed by atoms with Gasteiger partial charge in [0.25, 0.3) is 0 Å². The van der Waals surface area contributed by atoms with Crippen molar-refractivity contribution in [3.05, 3.63) is 64.2 Å². The molecule has 0 atom stereocenters. The lowest BCUT2D eigenvalue weighted by molar-refractivity contribution is 0.306. The van der Waals surface area contributed by atoms with E-state index in [1.54, 1.807) is 0 Å². The summed E-state index contributed by atoms with van der Waals surface area (Å²) in [6.07, 6.45) is 0.686. The summed E-state index contributed by atoms with van der Waals surface area (Å²) in [6, 6.07) is 13.7. The number of rotatable bonds is 4. The molecule has 0 bridgehead atoms. The van der Waals surface area contributed by atoms with Crippen LogP contribution in [0.4, 0.5) is 0 Å². The number of alkyl halides is 1. The predicted octanol–water partition coefficient (Wildman–Crippen LogP) is 5.21. The van der Waals surface area contributed by atoms with Crippen molar-refractivity contribution in [1.82, 2.24) is 0 Å². The fourth-order valence-electron chi connectivity index (χ4n) is 1.81. The Balaban J connectivity index is 2.03. The Morgan fingerprint density at radius 1 is 1.14 bits per heavy atom. The van der Waals surface area contributed by atoms with Gasteiger partial charge >= 0.3 is 0 Å². The average Bonchev–Trinajstić information content (AvgIpc) is 2.47. The van der Waals surface area contributed by atoms with Gasteiger partial charge in [-0.2, -0.15) is 0 Å². The molecule has 2 rings (SSSR count). The first-order valence-corrected chi connectivity index (χ1v) is 7.63. The summed E-state index contributed by atoms with van der Waals surface area (Å²) in [5, 5.41) is 0.730. The molecule has 0 spiro atoms. The minimum atomic E-state index is 0.442. The highest BCUT2D eigenvalue weighted by Gasteiger charge is 2.02. The zero-order valence-electron chi connectivity index (χ0n) is 11.8. The Morgan fingerprint density at radius 2 is 2.00 bits per heavy atom. The van der Waals surface area contributed by atoms with Crippen molar-refractivity contribution in [2.75, 3.05) is 5.88 Å². The van der Waals surface area contributed by atoms with Crippen molar-refractivity contribution in [2.45, 2.75) is 20.0 Å². The molecule has 0 aromatic heterocycles. The van der Waals surface area contributed by atoms with Crippen molar-refractivity contribution in [1.29, 1.82) is 0 Å². The summed E-state index contributed by atoms with van der Waals surface area (Å²) in [5.41, 5.74) is 3.04. The zero-order chi connectivity index (χ0) is 15.1. The summed E-state index contributed by atoms with van der Waals surface area (Å²) in [7, 11) is 0. The Hall–Kier alpha value is -1.62. The molecule has 2 aromatic carbocycles. The van der Waals surface area contributed by atoms with Crippen LogP contribution in [0, 0.1) is 18.8 Å². The van der Waals surface area contributed by atoms with Gasteiger partial charge in [-0.3, -0.25) is 0 Å². The van der Waals surface area contributed by atoms with Gasteiger partial charge in [0.1, 0.15) is 12.4 Å². The van der Waals surface area contributed by atoms with E-state index in [9.17, 15) is 0 Å². The van der Waals surface area contributed by atoms with Gasteiger partial charge in [0.05, 0.1) is 0 Å². The number of benzene rings is 2. The van der Waals surface area contributed by atoms with Gasteiger partial charge in [0, 0.05) is 28.5 Å². The number of hydrogen-bond donors (Lipinski definition) is 0. The molecule has 2 aromatic rings. The third-order valence-corrected chi connectivity index (χ3v) is 3.43. The molecule has 3 heteroatoms. The zero-order valence-corrected chi connectivity index (χ0v) is 13.3. The van der Waals surface area contributed by atoms with Gasteiger partial charge < -0.3 is 4.74 Å². The van der Waals surface area contributed by atoms with E-state index in [1.807, 2.05) is 49.4 Å². The normalized spacial score (nSPS) is 9.86. The fraction of sp³-hybridized carbons (Fsp3) is 0.222. The van der Waals surface area contributed by atoms with Crippen LogP contribution in [0.2, 0.25) is 5.02 Å². The van der Waals surface area contributed by atoms with Crippen molar-refractivity contribution in [3.63, 3.8) is 0 Å². The van der Waals surface area contributed by atoms with E-state index >= 15 is 0 Å². The molecule has 21 heavy (non-hydrogen) atoms. The summed E-state index contributed by atoms with van der Waals surface area (Å²) >= 11 is 11.8. The van der Waals surface area contributed by atoms with Crippen LogP contribution in [-0.2, 0) is 6.61 Å². The van der Waals surface area contributed by atoms with Crippen LogP contribution in [0.15, 0.2) is 42.5 Å². The first kappa shape index (κ1) is 15.8. The van der Waals surface area contributed by atoms with Gasteiger partial charge in [-0.1, -0.05) is 41.6 Å². The molecular weight excluding hydrogens is 303 g/mol. The third kappa shape index (κ3) is 5.01. The highest BCUT2D eigenvalue weighted by molar-refractivity contribution is 6.31. The highest BCUT2D eigenvalue weighted by Crippen LogP contribution is 2.20. The lowest BCUT2D eigenvalue weighted by atomic mass is 10.1. The quantitative estimate of drug-likeness (QED) is 0.555. The van der Waals surface area contributed by atoms with Crippen molar-refractivity contribution < 1.29 is 4.74 Å². The lowest BCUT2D eigenvalue weighted by Crippen LogP contribution is -1.96. The Labute approximate surface area is 135 Å². The minimum absolute atomic E-state index is 0.442. The molecule has 0 heterocycles. The van der Waals surface area contributed by atoms with E-state index < -0.39 is 0 Å². The molecule has 108 valence electrons. The second-order valence-corrected chi connectivity index (χ2v) is 5.44. The smallest absolute Gasteiger partial charge is 0.121 e. The molecule has 1 nitrogen and oxygen atoms in total. The summed E-state index contributed by atoms with van der Waals surface area (Å²) in [4.78, 5) is 0. The summed E-state index contributed by atoms with van der Waals surface area (Å²) < 4.78 is 5.78. The number of halogens is 2. The monoisotopic (exact) mass is 318 g/mol. The van der Waals surface area contributed by atoms with Crippen LogP contribution in [0.3, 0.4) is 0 Å². The van der Waals surface area contributed by atoms with Crippen molar-refractivity contribution in [3.8, 4) is 17.6 Å². The van der Waals surface area contributed by atoms with E-state index in [2.05, 4.69) is 11.8 Å². The van der Waals surface area contributed by atoms with Crippen LogP contribution in [0.1, 0.15) is 23.1 Å². The van der Waals surface area contributed by atoms with E-state index in [0.29, 0.717) is 18.9 Å². The molecule has 0 aliphatic rings. The van der Waals surface area contributed by atoms with Crippen LogP contribution < -0.4 is 4.74 Å². The second kappa shape index (κ2) is 7.98. The molecule has 0 unspecified atom stereocenters. The SMILES string of the molecule is Cc1ccc(COc2cccc(C#CCCCl)c2)c(Cl)c1. The standard InChI is InChI=1S/C18H16Cl2O/c1-14-8-9-16(18(20)11-14)13-21-17-7-4-6-15(12-17)5-2-3-10-19/h4,6-9,11-12H,3,10,13H2,1H3. The maximum absolute atomic E-state index is 6.20. The first-order chi connectivity index (χ1) is 10.2. The Morgan fingerprint density at radius 3 is 2.76 bits per heavy atom. The second-order valence-electron chi connectivity index (χ2n) is 4.65. The van der Waals surface area contributed by atoms with E-state index in [0.717, 1.165) is 27.5 Å². The van der Waals surface area contributed by atoms with Crippen LogP contribution >= 0.6 is 23.2 Å². The van der Waals surface area contributed by atoms with E-state index in [1.165, 1.54) is 0 Å². The third-order valence-electron chi connectivity index (χ3n) is 2.89. The van der Waals surface area contributed by atoms with Gasteiger partial charge in [0.15, 0.2) is 0 Å². The van der Waals surface area contributed by atoms with Gasteiger partial charge in [-0.15, -0.1) is 11.6 Å². The largest absolute Gasteiger partial charge is 0.489 e. The van der Waals surface area contributed by atoms with Crippen molar-refractivity contribution >= 4 is 23.2 Å². The predicted molar refractivity (Wildman–Crippen MR) is 89.2 cm³/mol. The van der Waals surface area contributed by atoms with Crippen LogP contribution in [-0.4, -0.2) is 5.88 Å². The number of aryl methyl sites for hydroxylation is 1. The van der Waals surface area contributed by atoms with Gasteiger partial charge in [0.2, 0.25) is 0 Å². The molecule has 0 saturated heterocycles. The maximum atomic E-state index is 6.20. The van der Waals surface area contributed by atoms with E-state index in [4.69, 9.17) is 27.9 Å². The molecule has 0 aliphatic carbocycles. The topological polar surface area (TPSA) is 9.23 Å². The first-order valence-electron chi connectivity index (χ1n) is 6.72. The van der Waals surface area contributed by atoms with Gasteiger partial charge in [-0.05, 0) is 36.8 Å². The maximum Gasteiger partial charge on any atom is 0.121 e. The molecule has 0 amide bonds. The van der Waals surface area contributed by atoms with Crippen LogP contribution in [0.25, 0.3) is 0 Å². The fourth-order valence-corrected chi connectivity index (χ4v) is 2.19. The molecular formula is C18H16Cl2O. The number of hydrogen-bond acceptors (Lipinski definition) is 1. The molecule has 0 fully saturated rings. The summed E-state index contributed by atoms with van der Waals surface area (Å²) in [6.45, 7) is 2.46. The van der Waals surface area contributed by atoms with Gasteiger partial charge in [-0.25, -0.2) is 0 Å². The Bertz CT molecular complexity index is 668. The molecule has 0 aliphatic heterocycles. The lowest BCUT2D eigenvalue weighted by Gasteiger charge is -2.08. The van der Waals surface area contributed by atoms with E-state index in [-0.39, 0.29) is 0 Å². The summed E-state index contributed by atoms with van der Waals surface area (Å²) in [5.74, 6) is 7.40. The highest BCUT2D eigenvalue weighted by atomic mass is 35.5.